The Hall–Kier alpha value is -2.21. The maximum Gasteiger partial charge on any atom is 0.347 e. The quantitative estimate of drug-likeness (QED) is 0.885. The third kappa shape index (κ3) is 3.66. The molecule has 0 spiro atoms. The summed E-state index contributed by atoms with van der Waals surface area (Å²) in [6, 6.07) is 7.23. The lowest BCUT2D eigenvalue weighted by Crippen LogP contribution is -2.10. The second kappa shape index (κ2) is 6.49. The van der Waals surface area contributed by atoms with Gasteiger partial charge in [-0.3, -0.25) is 4.79 Å². The molecule has 110 valence electrons. The average Bonchev–Trinajstić information content (AvgIpc) is 2.82. The Balaban J connectivity index is 2.17. The zero-order valence-electron chi connectivity index (χ0n) is 11.8. The van der Waals surface area contributed by atoms with Gasteiger partial charge in [-0.25, -0.2) is 9.78 Å². The van der Waals surface area contributed by atoms with Crippen LogP contribution in [0.4, 0.5) is 5.69 Å². The highest BCUT2D eigenvalue weighted by atomic mass is 32.1. The molecule has 2 rings (SSSR count). The van der Waals surface area contributed by atoms with Crippen molar-refractivity contribution >= 4 is 28.9 Å². The van der Waals surface area contributed by atoms with E-state index in [1.807, 2.05) is 19.1 Å². The fourth-order valence-electron chi connectivity index (χ4n) is 1.87. The lowest BCUT2D eigenvalue weighted by Gasteiger charge is -2.04. The number of nitrogens with zero attached hydrogens (tertiary/aromatic N) is 1. The van der Waals surface area contributed by atoms with Gasteiger partial charge in [0.25, 0.3) is 0 Å². The van der Waals surface area contributed by atoms with Crippen molar-refractivity contribution in [3.8, 4) is 10.6 Å². The van der Waals surface area contributed by atoms with Crippen molar-refractivity contribution in [2.45, 2.75) is 26.7 Å². The maximum absolute atomic E-state index is 11.5. The highest BCUT2D eigenvalue weighted by Crippen LogP contribution is 2.28. The summed E-state index contributed by atoms with van der Waals surface area (Å²) in [5, 5.41) is 12.5. The highest BCUT2D eigenvalue weighted by molar-refractivity contribution is 7.17. The number of amides is 1. The number of nitrogens with one attached hydrogen (secondary N) is 1. The molecule has 21 heavy (non-hydrogen) atoms. The fourth-order valence-corrected chi connectivity index (χ4v) is 2.78. The number of carbonyl (C=O) groups is 2. The van der Waals surface area contributed by atoms with Crippen molar-refractivity contribution in [3.63, 3.8) is 0 Å². The predicted octanol–water partition coefficient (Wildman–Crippen LogP) is 3.56. The first-order valence-electron chi connectivity index (χ1n) is 6.62. The van der Waals surface area contributed by atoms with Crippen molar-refractivity contribution in [1.82, 2.24) is 4.98 Å². The van der Waals surface area contributed by atoms with Crippen molar-refractivity contribution in [2.24, 2.45) is 0 Å². The minimum absolute atomic E-state index is 0.0106. The van der Waals surface area contributed by atoms with Crippen LogP contribution in [0.15, 0.2) is 24.3 Å². The number of carbonyl (C=O) groups excluding carboxylic acids is 1. The summed E-state index contributed by atoms with van der Waals surface area (Å²) in [6.07, 6.45) is 1.30. The molecule has 0 aliphatic carbocycles. The second-order valence-corrected chi connectivity index (χ2v) is 5.61. The van der Waals surface area contributed by atoms with Crippen LogP contribution in [0, 0.1) is 6.92 Å². The van der Waals surface area contributed by atoms with Crippen LogP contribution in [0.25, 0.3) is 10.6 Å². The molecule has 0 saturated heterocycles. The van der Waals surface area contributed by atoms with E-state index in [2.05, 4.69) is 10.3 Å². The molecule has 0 atom stereocenters. The zero-order valence-corrected chi connectivity index (χ0v) is 12.7. The Morgan fingerprint density at radius 1 is 1.29 bits per heavy atom. The predicted molar refractivity (Wildman–Crippen MR) is 82.8 cm³/mol. The van der Waals surface area contributed by atoms with Gasteiger partial charge >= 0.3 is 5.97 Å². The number of hydrogen-bond acceptors (Lipinski definition) is 4. The van der Waals surface area contributed by atoms with E-state index in [-0.39, 0.29) is 10.8 Å². The molecule has 5 nitrogen and oxygen atoms in total. The standard InChI is InChI=1S/C15H16N2O3S/c1-3-4-12(18)17-11-7-5-10(6-8-11)14-16-9(2)13(21-14)15(19)20/h5-8H,3-4H2,1-2H3,(H,17,18)(H,19,20). The van der Waals surface area contributed by atoms with Crippen LogP contribution < -0.4 is 5.32 Å². The number of benzene rings is 1. The molecule has 0 unspecified atom stereocenters. The van der Waals surface area contributed by atoms with E-state index in [0.717, 1.165) is 29.0 Å². The molecule has 0 fully saturated rings. The summed E-state index contributed by atoms with van der Waals surface area (Å²) in [4.78, 5) is 27.1. The second-order valence-electron chi connectivity index (χ2n) is 4.61. The highest BCUT2D eigenvalue weighted by Gasteiger charge is 2.14. The number of anilines is 1. The number of carboxylic acids is 1. The first kappa shape index (κ1) is 15.2. The summed E-state index contributed by atoms with van der Waals surface area (Å²) < 4.78 is 0. The molecule has 0 radical (unpaired) electrons. The summed E-state index contributed by atoms with van der Waals surface area (Å²) >= 11 is 1.15. The van der Waals surface area contributed by atoms with Gasteiger partial charge in [0, 0.05) is 17.7 Å². The van der Waals surface area contributed by atoms with E-state index in [4.69, 9.17) is 5.11 Å². The molecule has 1 heterocycles. The van der Waals surface area contributed by atoms with Crippen LogP contribution in [-0.2, 0) is 4.79 Å². The Labute approximate surface area is 126 Å². The third-order valence-corrected chi connectivity index (χ3v) is 4.08. The topological polar surface area (TPSA) is 79.3 Å². The van der Waals surface area contributed by atoms with Gasteiger partial charge in [-0.05, 0) is 37.6 Å². The van der Waals surface area contributed by atoms with Crippen LogP contribution in [0.5, 0.6) is 0 Å². The molecule has 0 bridgehead atoms. The molecule has 1 aromatic carbocycles. The smallest absolute Gasteiger partial charge is 0.347 e. The largest absolute Gasteiger partial charge is 0.477 e. The van der Waals surface area contributed by atoms with Crippen LogP contribution in [0.1, 0.15) is 35.1 Å². The summed E-state index contributed by atoms with van der Waals surface area (Å²) in [5.74, 6) is -0.969. The zero-order chi connectivity index (χ0) is 15.4. The first-order chi connectivity index (χ1) is 10.0. The number of aromatic carboxylic acids is 1. The molecule has 2 N–H and O–H groups in total. The fraction of sp³-hybridized carbons (Fsp3) is 0.267. The molecule has 1 amide bonds. The van der Waals surface area contributed by atoms with Gasteiger partial charge in [0.15, 0.2) is 0 Å². The molecule has 0 aliphatic heterocycles. The Kier molecular flexibility index (Phi) is 4.70. The molecule has 6 heteroatoms. The van der Waals surface area contributed by atoms with Gasteiger partial charge in [0.1, 0.15) is 9.88 Å². The minimum atomic E-state index is -0.959. The molecule has 1 aromatic heterocycles. The van der Waals surface area contributed by atoms with E-state index in [1.54, 1.807) is 19.1 Å². The number of aromatic nitrogens is 1. The number of thiazole rings is 1. The summed E-state index contributed by atoms with van der Waals surface area (Å²) in [6.45, 7) is 3.64. The van der Waals surface area contributed by atoms with Crippen LogP contribution >= 0.6 is 11.3 Å². The average molecular weight is 304 g/mol. The van der Waals surface area contributed by atoms with Crippen molar-refractivity contribution in [2.75, 3.05) is 5.32 Å². The first-order valence-corrected chi connectivity index (χ1v) is 7.44. The van der Waals surface area contributed by atoms with Crippen LogP contribution in [-0.4, -0.2) is 22.0 Å². The van der Waals surface area contributed by atoms with E-state index < -0.39 is 5.97 Å². The number of aryl methyl sites for hydroxylation is 1. The van der Waals surface area contributed by atoms with Gasteiger partial charge in [-0.1, -0.05) is 6.92 Å². The summed E-state index contributed by atoms with van der Waals surface area (Å²) in [5.41, 5.74) is 2.08. The maximum atomic E-state index is 11.5. The van der Waals surface area contributed by atoms with Gasteiger partial charge < -0.3 is 10.4 Å². The Morgan fingerprint density at radius 2 is 1.95 bits per heavy atom. The molecule has 0 saturated carbocycles. The van der Waals surface area contributed by atoms with Gasteiger partial charge in [0.2, 0.25) is 5.91 Å². The summed E-state index contributed by atoms with van der Waals surface area (Å²) in [7, 11) is 0. The van der Waals surface area contributed by atoms with E-state index in [9.17, 15) is 9.59 Å². The number of hydrogen-bond donors (Lipinski definition) is 2. The molecular formula is C15H16N2O3S. The van der Waals surface area contributed by atoms with Crippen molar-refractivity contribution in [1.29, 1.82) is 0 Å². The monoisotopic (exact) mass is 304 g/mol. The Bertz CT molecular complexity index is 662. The molecular weight excluding hydrogens is 288 g/mol. The molecule has 2 aromatic rings. The lowest BCUT2D eigenvalue weighted by molar-refractivity contribution is -0.116. The minimum Gasteiger partial charge on any atom is -0.477 e. The number of carboxylic acid groups (broad SMARTS) is 1. The van der Waals surface area contributed by atoms with Gasteiger partial charge in [-0.2, -0.15) is 0 Å². The molecule has 0 aliphatic rings. The van der Waals surface area contributed by atoms with Gasteiger partial charge in [-0.15, -0.1) is 11.3 Å². The van der Waals surface area contributed by atoms with E-state index in [0.29, 0.717) is 17.1 Å². The van der Waals surface area contributed by atoms with Crippen LogP contribution in [0.3, 0.4) is 0 Å². The van der Waals surface area contributed by atoms with Crippen molar-refractivity contribution < 1.29 is 14.7 Å². The SMILES string of the molecule is CCCC(=O)Nc1ccc(-c2nc(C)c(C(=O)O)s2)cc1. The Morgan fingerprint density at radius 3 is 2.48 bits per heavy atom. The third-order valence-electron chi connectivity index (χ3n) is 2.88. The lowest BCUT2D eigenvalue weighted by atomic mass is 10.2. The van der Waals surface area contributed by atoms with Gasteiger partial charge in [0.05, 0.1) is 5.69 Å². The van der Waals surface area contributed by atoms with E-state index >= 15 is 0 Å². The van der Waals surface area contributed by atoms with E-state index in [1.165, 1.54) is 0 Å². The normalized spacial score (nSPS) is 10.4. The van der Waals surface area contributed by atoms with Crippen molar-refractivity contribution in [3.05, 3.63) is 34.8 Å². The number of rotatable bonds is 5. The van der Waals surface area contributed by atoms with Crippen LogP contribution in [0.2, 0.25) is 0 Å².